The Morgan fingerprint density at radius 3 is 2.67 bits per heavy atom. The number of ether oxygens (including phenoxy) is 1. The van der Waals surface area contributed by atoms with Crippen molar-refractivity contribution in [2.45, 2.75) is 38.3 Å². The van der Waals surface area contributed by atoms with Gasteiger partial charge in [-0.1, -0.05) is 30.3 Å². The van der Waals surface area contributed by atoms with Gasteiger partial charge in [0.2, 0.25) is 0 Å². The van der Waals surface area contributed by atoms with Gasteiger partial charge in [0, 0.05) is 38.0 Å². The Bertz CT molecular complexity index is 625. The molecule has 4 nitrogen and oxygen atoms in total. The molecular weight excluding hydrogens is 298 g/mol. The number of benzene rings is 1. The molecule has 0 saturated carbocycles. The molecule has 1 atom stereocenters. The van der Waals surface area contributed by atoms with E-state index in [0.717, 1.165) is 38.6 Å². The van der Waals surface area contributed by atoms with Crippen molar-refractivity contribution < 1.29 is 4.74 Å². The van der Waals surface area contributed by atoms with E-state index in [1.807, 2.05) is 6.20 Å². The summed E-state index contributed by atoms with van der Waals surface area (Å²) < 4.78 is 7.92. The Hall–Kier alpha value is -1.65. The van der Waals surface area contributed by atoms with Gasteiger partial charge >= 0.3 is 0 Å². The summed E-state index contributed by atoms with van der Waals surface area (Å²) in [6, 6.07) is 10.8. The van der Waals surface area contributed by atoms with Gasteiger partial charge in [-0.25, -0.2) is 4.98 Å². The molecule has 128 valence electrons. The first-order chi connectivity index (χ1) is 11.9. The Labute approximate surface area is 144 Å². The summed E-state index contributed by atoms with van der Waals surface area (Å²) >= 11 is 0. The summed E-state index contributed by atoms with van der Waals surface area (Å²) in [5, 5.41) is 0. The van der Waals surface area contributed by atoms with E-state index in [0.29, 0.717) is 5.92 Å². The molecule has 1 aromatic heterocycles. The van der Waals surface area contributed by atoms with Crippen LogP contribution < -0.4 is 0 Å². The largest absolute Gasteiger partial charge is 0.381 e. The Morgan fingerprint density at radius 2 is 1.92 bits per heavy atom. The van der Waals surface area contributed by atoms with Crippen molar-refractivity contribution in [2.24, 2.45) is 5.92 Å². The molecule has 4 rings (SSSR count). The highest BCUT2D eigenvalue weighted by molar-refractivity contribution is 5.14. The highest BCUT2D eigenvalue weighted by Crippen LogP contribution is 2.26. The maximum Gasteiger partial charge on any atom is 0.114 e. The number of rotatable bonds is 5. The highest BCUT2D eigenvalue weighted by atomic mass is 16.5. The minimum absolute atomic E-state index is 0.498. The summed E-state index contributed by atoms with van der Waals surface area (Å²) in [5.41, 5.74) is 1.43. The second-order valence-corrected chi connectivity index (χ2v) is 7.20. The number of hydrogen-bond donors (Lipinski definition) is 0. The maximum atomic E-state index is 5.54. The monoisotopic (exact) mass is 325 g/mol. The third kappa shape index (κ3) is 3.70. The Balaban J connectivity index is 1.30. The summed E-state index contributed by atoms with van der Waals surface area (Å²) in [4.78, 5) is 7.20. The molecule has 24 heavy (non-hydrogen) atoms. The van der Waals surface area contributed by atoms with Gasteiger partial charge in [-0.2, -0.15) is 0 Å². The topological polar surface area (TPSA) is 30.3 Å². The van der Waals surface area contributed by atoms with E-state index in [4.69, 9.17) is 4.74 Å². The molecule has 2 fully saturated rings. The SMILES string of the molecule is c1ccc(CN2CCC(Cn3ccnc3C3CCOC3)CC2)cc1. The van der Waals surface area contributed by atoms with Crippen LogP contribution in [0.25, 0.3) is 0 Å². The number of aromatic nitrogens is 2. The first-order valence-electron chi connectivity index (χ1n) is 9.23. The summed E-state index contributed by atoms with van der Waals surface area (Å²) in [5.74, 6) is 2.50. The van der Waals surface area contributed by atoms with Gasteiger partial charge in [-0.05, 0) is 43.8 Å². The van der Waals surface area contributed by atoms with E-state index in [1.54, 1.807) is 0 Å². The first-order valence-corrected chi connectivity index (χ1v) is 9.23. The van der Waals surface area contributed by atoms with Gasteiger partial charge in [0.05, 0.1) is 6.61 Å². The number of hydrogen-bond acceptors (Lipinski definition) is 3. The molecule has 0 N–H and O–H groups in total. The van der Waals surface area contributed by atoms with E-state index in [2.05, 4.69) is 51.0 Å². The third-order valence-electron chi connectivity index (χ3n) is 5.45. The van der Waals surface area contributed by atoms with Crippen LogP contribution in [0.3, 0.4) is 0 Å². The van der Waals surface area contributed by atoms with Crippen molar-refractivity contribution in [3.05, 3.63) is 54.1 Å². The first kappa shape index (κ1) is 15.9. The van der Waals surface area contributed by atoms with Crippen LogP contribution >= 0.6 is 0 Å². The van der Waals surface area contributed by atoms with Crippen LogP contribution in [0.2, 0.25) is 0 Å². The average Bonchev–Trinajstić information content (AvgIpc) is 3.29. The lowest BCUT2D eigenvalue weighted by Crippen LogP contribution is -2.34. The maximum absolute atomic E-state index is 5.54. The van der Waals surface area contributed by atoms with Crippen molar-refractivity contribution in [3.63, 3.8) is 0 Å². The fourth-order valence-electron chi connectivity index (χ4n) is 4.02. The number of likely N-dealkylation sites (tertiary alicyclic amines) is 1. The summed E-state index contributed by atoms with van der Waals surface area (Å²) in [6.45, 7) is 6.34. The molecule has 3 heterocycles. The molecule has 2 aromatic rings. The van der Waals surface area contributed by atoms with E-state index in [9.17, 15) is 0 Å². The summed E-state index contributed by atoms with van der Waals surface area (Å²) in [7, 11) is 0. The third-order valence-corrected chi connectivity index (χ3v) is 5.45. The van der Waals surface area contributed by atoms with Crippen LogP contribution in [0.4, 0.5) is 0 Å². The zero-order valence-corrected chi connectivity index (χ0v) is 14.3. The van der Waals surface area contributed by atoms with Crippen LogP contribution in [0, 0.1) is 5.92 Å². The molecule has 0 bridgehead atoms. The minimum atomic E-state index is 0.498. The zero-order valence-electron chi connectivity index (χ0n) is 14.3. The second-order valence-electron chi connectivity index (χ2n) is 7.20. The minimum Gasteiger partial charge on any atom is -0.381 e. The molecular formula is C20H27N3O. The van der Waals surface area contributed by atoms with Crippen molar-refractivity contribution in [1.29, 1.82) is 0 Å². The molecule has 0 amide bonds. The van der Waals surface area contributed by atoms with Crippen molar-refractivity contribution in [3.8, 4) is 0 Å². The molecule has 4 heteroatoms. The van der Waals surface area contributed by atoms with Gasteiger partial charge in [-0.3, -0.25) is 4.90 Å². The van der Waals surface area contributed by atoms with Gasteiger partial charge in [0.25, 0.3) is 0 Å². The lowest BCUT2D eigenvalue weighted by atomic mass is 9.96. The lowest BCUT2D eigenvalue weighted by Gasteiger charge is -2.32. The van der Waals surface area contributed by atoms with E-state index < -0.39 is 0 Å². The molecule has 2 aliphatic heterocycles. The average molecular weight is 325 g/mol. The smallest absolute Gasteiger partial charge is 0.114 e. The van der Waals surface area contributed by atoms with E-state index >= 15 is 0 Å². The van der Waals surface area contributed by atoms with Crippen molar-refractivity contribution in [1.82, 2.24) is 14.5 Å². The second kappa shape index (κ2) is 7.49. The number of imidazole rings is 1. The molecule has 0 radical (unpaired) electrons. The van der Waals surface area contributed by atoms with Crippen LogP contribution in [0.5, 0.6) is 0 Å². The molecule has 0 aliphatic carbocycles. The van der Waals surface area contributed by atoms with Crippen molar-refractivity contribution >= 4 is 0 Å². The fourth-order valence-corrected chi connectivity index (χ4v) is 4.02. The lowest BCUT2D eigenvalue weighted by molar-refractivity contribution is 0.165. The van der Waals surface area contributed by atoms with Crippen LogP contribution in [-0.2, 0) is 17.8 Å². The molecule has 1 aromatic carbocycles. The number of piperidine rings is 1. The molecule has 2 aliphatic rings. The normalized spacial score (nSPS) is 22.9. The van der Waals surface area contributed by atoms with Gasteiger partial charge < -0.3 is 9.30 Å². The Kier molecular flexibility index (Phi) is 4.95. The highest BCUT2D eigenvalue weighted by Gasteiger charge is 2.24. The molecule has 1 unspecified atom stereocenters. The molecule has 2 saturated heterocycles. The predicted molar refractivity (Wildman–Crippen MR) is 94.8 cm³/mol. The molecule has 0 spiro atoms. The zero-order chi connectivity index (χ0) is 16.2. The van der Waals surface area contributed by atoms with Gasteiger partial charge in [0.15, 0.2) is 0 Å². The summed E-state index contributed by atoms with van der Waals surface area (Å²) in [6.07, 6.45) is 7.80. The van der Waals surface area contributed by atoms with Crippen LogP contribution in [0.1, 0.15) is 36.6 Å². The van der Waals surface area contributed by atoms with E-state index in [1.165, 1.54) is 37.3 Å². The fraction of sp³-hybridized carbons (Fsp3) is 0.550. The Morgan fingerprint density at radius 1 is 1.08 bits per heavy atom. The number of nitrogens with zero attached hydrogens (tertiary/aromatic N) is 3. The van der Waals surface area contributed by atoms with Gasteiger partial charge in [0.1, 0.15) is 5.82 Å². The van der Waals surface area contributed by atoms with Crippen LogP contribution in [-0.4, -0.2) is 40.8 Å². The van der Waals surface area contributed by atoms with Crippen LogP contribution in [0.15, 0.2) is 42.7 Å². The van der Waals surface area contributed by atoms with Crippen molar-refractivity contribution in [2.75, 3.05) is 26.3 Å². The van der Waals surface area contributed by atoms with Gasteiger partial charge in [-0.15, -0.1) is 0 Å². The standard InChI is InChI=1S/C20H27N3O/c1-2-4-17(5-3-1)14-22-10-6-18(7-11-22)15-23-12-9-21-20(23)19-8-13-24-16-19/h1-5,9,12,18-19H,6-8,10-11,13-16H2. The quantitative estimate of drug-likeness (QED) is 0.845. The predicted octanol–water partition coefficient (Wildman–Crippen LogP) is 3.30. The van der Waals surface area contributed by atoms with E-state index in [-0.39, 0.29) is 0 Å².